The van der Waals surface area contributed by atoms with Gasteiger partial charge in [0.05, 0.1) is 18.1 Å². The summed E-state index contributed by atoms with van der Waals surface area (Å²) in [4.78, 5) is 11.7. The molecule has 17 heavy (non-hydrogen) atoms. The van der Waals surface area contributed by atoms with Gasteiger partial charge in [0.15, 0.2) is 0 Å². The molecule has 3 aliphatic rings. The van der Waals surface area contributed by atoms with Crippen molar-refractivity contribution in [1.29, 1.82) is 0 Å². The molecular formula is C14H20O3. The highest BCUT2D eigenvalue weighted by Crippen LogP contribution is 2.60. The summed E-state index contributed by atoms with van der Waals surface area (Å²) in [6.07, 6.45) is 4.36. The summed E-state index contributed by atoms with van der Waals surface area (Å²) in [6, 6.07) is 0. The van der Waals surface area contributed by atoms with E-state index in [0.29, 0.717) is 13.0 Å². The fourth-order valence-corrected chi connectivity index (χ4v) is 4.31. The van der Waals surface area contributed by atoms with Gasteiger partial charge in [0.2, 0.25) is 0 Å². The van der Waals surface area contributed by atoms with Gasteiger partial charge in [-0.2, -0.15) is 0 Å². The van der Waals surface area contributed by atoms with Crippen LogP contribution in [-0.2, 0) is 9.53 Å². The molecule has 3 nitrogen and oxygen atoms in total. The number of cyclic esters (lactones) is 1. The Morgan fingerprint density at radius 3 is 3.00 bits per heavy atom. The maximum absolute atomic E-state index is 11.7. The van der Waals surface area contributed by atoms with E-state index in [9.17, 15) is 9.90 Å². The third-order valence-electron chi connectivity index (χ3n) is 5.53. The molecule has 0 spiro atoms. The quantitative estimate of drug-likeness (QED) is 0.517. The largest absolute Gasteiger partial charge is 0.465 e. The number of aliphatic hydroxyl groups is 1. The molecule has 2 aliphatic carbocycles. The van der Waals surface area contributed by atoms with Gasteiger partial charge >= 0.3 is 5.97 Å². The fourth-order valence-electron chi connectivity index (χ4n) is 4.31. The molecule has 1 heterocycles. The third-order valence-corrected chi connectivity index (χ3v) is 5.53. The lowest BCUT2D eigenvalue weighted by molar-refractivity contribution is -0.149. The first kappa shape index (κ1) is 11.3. The van der Waals surface area contributed by atoms with Crippen LogP contribution in [0.4, 0.5) is 0 Å². The van der Waals surface area contributed by atoms with Crippen LogP contribution in [-0.4, -0.2) is 23.3 Å². The summed E-state index contributed by atoms with van der Waals surface area (Å²) in [6.45, 7) is 6.68. The second-order valence-corrected chi connectivity index (χ2v) is 6.12. The maximum Gasteiger partial charge on any atom is 0.309 e. The zero-order valence-corrected chi connectivity index (χ0v) is 10.4. The van der Waals surface area contributed by atoms with E-state index in [1.807, 2.05) is 0 Å². The molecule has 0 amide bonds. The Bertz CT molecular complexity index is 389. The van der Waals surface area contributed by atoms with E-state index in [4.69, 9.17) is 4.74 Å². The fraction of sp³-hybridized carbons (Fsp3) is 0.786. The smallest absolute Gasteiger partial charge is 0.309 e. The maximum atomic E-state index is 11.7. The van der Waals surface area contributed by atoms with Crippen molar-refractivity contribution in [2.75, 3.05) is 6.61 Å². The summed E-state index contributed by atoms with van der Waals surface area (Å²) < 4.78 is 5.21. The average molecular weight is 236 g/mol. The summed E-state index contributed by atoms with van der Waals surface area (Å²) in [7, 11) is 0. The van der Waals surface area contributed by atoms with Gasteiger partial charge in [-0.25, -0.2) is 0 Å². The lowest BCUT2D eigenvalue weighted by Crippen LogP contribution is -2.59. The van der Waals surface area contributed by atoms with Crippen molar-refractivity contribution in [3.63, 3.8) is 0 Å². The van der Waals surface area contributed by atoms with E-state index in [1.165, 1.54) is 0 Å². The van der Waals surface area contributed by atoms with E-state index in [-0.39, 0.29) is 23.2 Å². The SMILES string of the molecule is C=C1CCC[C@]2(C)[C@H]3COC(=O)[C@H]3CC[C@@]12O. The number of hydrogen-bond donors (Lipinski definition) is 1. The molecule has 3 fully saturated rings. The Labute approximate surface area is 102 Å². The molecular weight excluding hydrogens is 216 g/mol. The van der Waals surface area contributed by atoms with Gasteiger partial charge < -0.3 is 9.84 Å². The first-order chi connectivity index (χ1) is 7.99. The summed E-state index contributed by atoms with van der Waals surface area (Å²) in [5, 5.41) is 11.0. The first-order valence-electron chi connectivity index (χ1n) is 6.56. The van der Waals surface area contributed by atoms with E-state index in [2.05, 4.69) is 13.5 Å². The first-order valence-corrected chi connectivity index (χ1v) is 6.56. The molecule has 2 saturated carbocycles. The second-order valence-electron chi connectivity index (χ2n) is 6.12. The van der Waals surface area contributed by atoms with Crippen molar-refractivity contribution < 1.29 is 14.6 Å². The Balaban J connectivity index is 2.03. The molecule has 3 rings (SSSR count). The molecule has 1 saturated heterocycles. The molecule has 0 aromatic carbocycles. The molecule has 3 heteroatoms. The zero-order chi connectivity index (χ0) is 12.3. The standard InChI is InChI=1S/C14H20O3/c1-9-4-3-6-13(2)11-8-17-12(15)10(11)5-7-14(9,13)16/h10-11,16H,1,3-8H2,2H3/t10-,11-,13+,14+/m0/s1. The normalized spacial score (nSPS) is 49.5. The molecule has 0 unspecified atom stereocenters. The third kappa shape index (κ3) is 1.23. The van der Waals surface area contributed by atoms with Crippen LogP contribution in [0.2, 0.25) is 0 Å². The average Bonchev–Trinajstić information content (AvgIpc) is 2.66. The predicted octanol–water partition coefficient (Wildman–Crippen LogP) is 2.05. The lowest BCUT2D eigenvalue weighted by Gasteiger charge is -2.56. The Morgan fingerprint density at radius 2 is 2.24 bits per heavy atom. The Morgan fingerprint density at radius 1 is 1.47 bits per heavy atom. The van der Waals surface area contributed by atoms with Gasteiger partial charge in [-0.1, -0.05) is 13.5 Å². The lowest BCUT2D eigenvalue weighted by atomic mass is 9.50. The number of fused-ring (bicyclic) bond motifs is 3. The predicted molar refractivity (Wildman–Crippen MR) is 63.2 cm³/mol. The molecule has 94 valence electrons. The highest BCUT2D eigenvalue weighted by atomic mass is 16.5. The number of hydrogen-bond acceptors (Lipinski definition) is 3. The molecule has 4 atom stereocenters. The van der Waals surface area contributed by atoms with Gasteiger partial charge in [0.1, 0.15) is 0 Å². The number of esters is 1. The Hall–Kier alpha value is -0.830. The van der Waals surface area contributed by atoms with E-state index in [0.717, 1.165) is 31.3 Å². The van der Waals surface area contributed by atoms with E-state index < -0.39 is 5.60 Å². The van der Waals surface area contributed by atoms with Crippen molar-refractivity contribution in [2.24, 2.45) is 17.3 Å². The van der Waals surface area contributed by atoms with E-state index in [1.54, 1.807) is 0 Å². The number of carbonyl (C=O) groups excluding carboxylic acids is 1. The molecule has 1 aliphatic heterocycles. The van der Waals surface area contributed by atoms with Crippen LogP contribution in [0.3, 0.4) is 0 Å². The number of rotatable bonds is 0. The van der Waals surface area contributed by atoms with Gasteiger partial charge in [-0.3, -0.25) is 4.79 Å². The van der Waals surface area contributed by atoms with Crippen LogP contribution in [0.1, 0.15) is 39.0 Å². The molecule has 0 aromatic rings. The van der Waals surface area contributed by atoms with Crippen LogP contribution in [0.25, 0.3) is 0 Å². The molecule has 0 aromatic heterocycles. The van der Waals surface area contributed by atoms with Crippen molar-refractivity contribution in [3.8, 4) is 0 Å². The molecule has 0 radical (unpaired) electrons. The van der Waals surface area contributed by atoms with Crippen molar-refractivity contribution in [1.82, 2.24) is 0 Å². The van der Waals surface area contributed by atoms with Crippen LogP contribution in [0.5, 0.6) is 0 Å². The minimum Gasteiger partial charge on any atom is -0.465 e. The van der Waals surface area contributed by atoms with Gasteiger partial charge in [-0.15, -0.1) is 0 Å². The highest BCUT2D eigenvalue weighted by Gasteiger charge is 2.62. The highest BCUT2D eigenvalue weighted by molar-refractivity contribution is 5.75. The van der Waals surface area contributed by atoms with Crippen molar-refractivity contribution in [3.05, 3.63) is 12.2 Å². The van der Waals surface area contributed by atoms with Gasteiger partial charge in [-0.05, 0) is 37.7 Å². The van der Waals surface area contributed by atoms with Gasteiger partial charge in [0.25, 0.3) is 0 Å². The Kier molecular flexibility index (Phi) is 2.22. The van der Waals surface area contributed by atoms with Gasteiger partial charge in [0, 0.05) is 11.3 Å². The van der Waals surface area contributed by atoms with Crippen LogP contribution < -0.4 is 0 Å². The summed E-state index contributed by atoms with van der Waals surface area (Å²) in [5.41, 5.74) is -0.0401. The zero-order valence-electron chi connectivity index (χ0n) is 10.4. The summed E-state index contributed by atoms with van der Waals surface area (Å²) in [5.74, 6) is 0.117. The minimum absolute atomic E-state index is 0.00572. The topological polar surface area (TPSA) is 46.5 Å². The van der Waals surface area contributed by atoms with Crippen LogP contribution in [0.15, 0.2) is 12.2 Å². The molecule has 0 bridgehead atoms. The van der Waals surface area contributed by atoms with E-state index >= 15 is 0 Å². The van der Waals surface area contributed by atoms with Crippen LogP contribution >= 0.6 is 0 Å². The van der Waals surface area contributed by atoms with Crippen LogP contribution in [0, 0.1) is 17.3 Å². The number of ether oxygens (including phenoxy) is 1. The second kappa shape index (κ2) is 3.35. The monoisotopic (exact) mass is 236 g/mol. The molecule has 1 N–H and O–H groups in total. The van der Waals surface area contributed by atoms with Crippen molar-refractivity contribution >= 4 is 5.97 Å². The summed E-state index contributed by atoms with van der Waals surface area (Å²) >= 11 is 0. The minimum atomic E-state index is -0.777. The number of carbonyl (C=O) groups is 1. The van der Waals surface area contributed by atoms with Crippen molar-refractivity contribution in [2.45, 2.75) is 44.6 Å².